The molecule has 8 aromatic rings. The normalized spacial score (nSPS) is 16.9. The van der Waals surface area contributed by atoms with Crippen molar-refractivity contribution < 1.29 is 9.47 Å². The molecule has 0 saturated carbocycles. The number of hydrogen-bond acceptors (Lipinski definition) is 4. The maximum Gasteiger partial charge on any atom is 0.198 e. The molecule has 1 N–H and O–H groups in total. The molecule has 0 atom stereocenters. The average molecular weight is 851 g/mol. The van der Waals surface area contributed by atoms with Crippen molar-refractivity contribution in [1.29, 1.82) is 0 Å². The quantitative estimate of drug-likeness (QED) is 0.179. The van der Waals surface area contributed by atoms with Gasteiger partial charge in [0.25, 0.3) is 0 Å². The summed E-state index contributed by atoms with van der Waals surface area (Å²) in [5, 5.41) is 4.07. The highest BCUT2D eigenvalue weighted by atomic mass is 32.3. The SMILES string of the molecule is Cc1cc(-c2cccc3c2Nc2ccccc2S3(c2ccccc2)c2ccccc2)c2c(c1)N(c1cc3c(cc1C)C(C)(C)CCC3(C)C)c1cc3c(cc1B2)Oc1ccccc1O3. The zero-order valence-corrected chi connectivity index (χ0v) is 38.2. The molecule has 0 radical (unpaired) electrons. The molecule has 1 aliphatic carbocycles. The Bertz CT molecular complexity index is 3170. The fraction of sp³-hybridized carbons (Fsp3) is 0.172. The molecule has 314 valence electrons. The van der Waals surface area contributed by atoms with Crippen molar-refractivity contribution in [3.63, 3.8) is 0 Å². The van der Waals surface area contributed by atoms with Crippen molar-refractivity contribution in [2.24, 2.45) is 0 Å². The van der Waals surface area contributed by atoms with Crippen LogP contribution in [0, 0.1) is 13.8 Å². The van der Waals surface area contributed by atoms with Gasteiger partial charge in [-0.05, 0) is 144 Å². The van der Waals surface area contributed by atoms with Crippen LogP contribution in [-0.2, 0) is 10.8 Å². The van der Waals surface area contributed by atoms with Crippen LogP contribution in [0.4, 0.5) is 28.4 Å². The summed E-state index contributed by atoms with van der Waals surface area (Å²) in [4.78, 5) is 7.83. The van der Waals surface area contributed by atoms with Crippen molar-refractivity contribution in [3.8, 4) is 34.1 Å². The first-order valence-electron chi connectivity index (χ1n) is 22.7. The number of nitrogens with one attached hydrogen (secondary N) is 1. The minimum atomic E-state index is -1.91. The van der Waals surface area contributed by atoms with E-state index in [0.29, 0.717) is 0 Å². The third kappa shape index (κ3) is 5.78. The molecule has 0 saturated heterocycles. The topological polar surface area (TPSA) is 33.7 Å². The van der Waals surface area contributed by atoms with Gasteiger partial charge in [0.2, 0.25) is 0 Å². The predicted octanol–water partition coefficient (Wildman–Crippen LogP) is 14.8. The number of ether oxygens (including phenoxy) is 2. The molecule has 0 bridgehead atoms. The van der Waals surface area contributed by atoms with Crippen LogP contribution in [0.2, 0.25) is 0 Å². The maximum atomic E-state index is 6.64. The molecule has 3 aliphatic heterocycles. The number of rotatable bonds is 4. The van der Waals surface area contributed by atoms with E-state index < -0.39 is 10.0 Å². The van der Waals surface area contributed by atoms with Crippen LogP contribution < -0.4 is 30.6 Å². The number of fused-ring (bicyclic) bond motifs is 7. The lowest BCUT2D eigenvalue weighted by molar-refractivity contribution is 0.332. The molecule has 0 fully saturated rings. The summed E-state index contributed by atoms with van der Waals surface area (Å²) >= 11 is 0. The van der Waals surface area contributed by atoms with Gasteiger partial charge in [-0.25, -0.2) is 0 Å². The molecule has 8 aromatic carbocycles. The third-order valence-corrected chi connectivity index (χ3v) is 18.4. The largest absolute Gasteiger partial charge is 0.450 e. The van der Waals surface area contributed by atoms with Crippen LogP contribution >= 0.6 is 10.0 Å². The molecule has 0 aromatic heterocycles. The van der Waals surface area contributed by atoms with Gasteiger partial charge in [0.15, 0.2) is 30.3 Å². The first-order chi connectivity index (χ1) is 31.0. The summed E-state index contributed by atoms with van der Waals surface area (Å²) < 4.78 is 13.3. The lowest BCUT2D eigenvalue weighted by Crippen LogP contribution is -2.42. The minimum absolute atomic E-state index is 0.0421. The van der Waals surface area contributed by atoms with Gasteiger partial charge in [-0.1, -0.05) is 118 Å². The summed E-state index contributed by atoms with van der Waals surface area (Å²) in [6, 6.07) is 60.6. The first-order valence-corrected chi connectivity index (χ1v) is 24.3. The van der Waals surface area contributed by atoms with Crippen LogP contribution in [0.1, 0.15) is 62.8 Å². The number of aryl methyl sites for hydroxylation is 2. The van der Waals surface area contributed by atoms with E-state index in [-0.39, 0.29) is 10.8 Å². The zero-order valence-electron chi connectivity index (χ0n) is 37.4. The number of para-hydroxylation sites is 4. The molecule has 4 nitrogen and oxygen atoms in total. The molecule has 3 heterocycles. The third-order valence-electron chi connectivity index (χ3n) is 14.4. The Morgan fingerprint density at radius 2 is 1.12 bits per heavy atom. The van der Waals surface area contributed by atoms with E-state index >= 15 is 0 Å². The van der Waals surface area contributed by atoms with Gasteiger partial charge in [-0.15, -0.1) is 10.0 Å². The van der Waals surface area contributed by atoms with E-state index in [0.717, 1.165) is 48.1 Å². The maximum absolute atomic E-state index is 6.64. The minimum Gasteiger partial charge on any atom is -0.450 e. The Hall–Kier alpha value is -6.63. The van der Waals surface area contributed by atoms with E-state index in [1.165, 1.54) is 87.4 Å². The van der Waals surface area contributed by atoms with Gasteiger partial charge in [0, 0.05) is 48.3 Å². The summed E-state index contributed by atoms with van der Waals surface area (Å²) in [6.45, 7) is 14.2. The Labute approximate surface area is 379 Å². The van der Waals surface area contributed by atoms with Crippen molar-refractivity contribution in [2.45, 2.75) is 84.8 Å². The van der Waals surface area contributed by atoms with Crippen LogP contribution in [0.5, 0.6) is 23.0 Å². The zero-order chi connectivity index (χ0) is 43.5. The van der Waals surface area contributed by atoms with E-state index in [2.05, 4.69) is 191 Å². The van der Waals surface area contributed by atoms with E-state index in [9.17, 15) is 0 Å². The molecular weight excluding hydrogens is 800 g/mol. The van der Waals surface area contributed by atoms with Gasteiger partial charge >= 0.3 is 0 Å². The number of anilines is 5. The molecule has 0 unspecified atom stereocenters. The van der Waals surface area contributed by atoms with Crippen LogP contribution in [-0.4, -0.2) is 7.28 Å². The monoisotopic (exact) mass is 850 g/mol. The number of nitrogens with zero attached hydrogens (tertiary/aromatic N) is 1. The fourth-order valence-electron chi connectivity index (χ4n) is 11.0. The summed E-state index contributed by atoms with van der Waals surface area (Å²) in [5.41, 5.74) is 16.3. The molecular formula is C58H51BN2O2S. The van der Waals surface area contributed by atoms with Gasteiger partial charge in [-0.2, -0.15) is 0 Å². The van der Waals surface area contributed by atoms with Gasteiger partial charge in [0.05, 0.1) is 11.4 Å². The molecule has 0 amide bonds. The molecule has 6 heteroatoms. The number of hydrogen-bond donors (Lipinski definition) is 1. The number of benzene rings is 8. The van der Waals surface area contributed by atoms with Gasteiger partial charge in [-0.3, -0.25) is 0 Å². The van der Waals surface area contributed by atoms with Crippen molar-refractivity contribution in [2.75, 3.05) is 10.2 Å². The van der Waals surface area contributed by atoms with E-state index in [4.69, 9.17) is 9.47 Å². The highest BCUT2D eigenvalue weighted by Crippen LogP contribution is 2.78. The smallest absolute Gasteiger partial charge is 0.198 e. The lowest BCUT2D eigenvalue weighted by atomic mass is 9.57. The summed E-state index contributed by atoms with van der Waals surface area (Å²) in [7, 11) is -1.18. The second kappa shape index (κ2) is 14.2. The first kappa shape index (κ1) is 39.0. The molecule has 4 aliphatic rings. The Morgan fingerprint density at radius 1 is 0.531 bits per heavy atom. The summed E-state index contributed by atoms with van der Waals surface area (Å²) in [6.07, 6.45) is 2.32. The molecule has 0 spiro atoms. The predicted molar refractivity (Wildman–Crippen MR) is 268 cm³/mol. The fourth-order valence-corrected chi connectivity index (χ4v) is 15.2. The van der Waals surface area contributed by atoms with Gasteiger partial charge < -0.3 is 19.7 Å². The van der Waals surface area contributed by atoms with E-state index in [1.54, 1.807) is 0 Å². The van der Waals surface area contributed by atoms with Crippen molar-refractivity contribution in [3.05, 3.63) is 186 Å². The lowest BCUT2D eigenvalue weighted by Gasteiger charge is -2.47. The molecule has 12 rings (SSSR count). The second-order valence-electron chi connectivity index (χ2n) is 19.4. The standard InChI is InChI=1S/C58H51BN2O2S/c1-36-30-41(40-22-17-27-54-56(40)60-45-23-13-16-26-53(45)64(54,38-18-9-7-10-19-38)39-20-11-8-12-21-39)55-48(31-36)61(46-33-43-42(32-37(46)2)57(3,4)28-29-58(43,5)6)47-35-52-51(34-44(47)59-55)62-49-24-14-15-25-50(49)63-52/h7-27,30-35,59-60H,28-29H2,1-6H3. The molecule has 64 heavy (non-hydrogen) atoms. The van der Waals surface area contributed by atoms with Crippen molar-refractivity contribution in [1.82, 2.24) is 0 Å². The highest BCUT2D eigenvalue weighted by molar-refractivity contribution is 8.34. The van der Waals surface area contributed by atoms with Crippen LogP contribution in [0.3, 0.4) is 0 Å². The van der Waals surface area contributed by atoms with Crippen molar-refractivity contribution >= 4 is 56.7 Å². The van der Waals surface area contributed by atoms with Crippen LogP contribution in [0.25, 0.3) is 11.1 Å². The Balaban J connectivity index is 1.12. The van der Waals surface area contributed by atoms with Crippen LogP contribution in [0.15, 0.2) is 183 Å². The summed E-state index contributed by atoms with van der Waals surface area (Å²) in [5.74, 6) is 2.95. The van der Waals surface area contributed by atoms with Gasteiger partial charge in [0.1, 0.15) is 0 Å². The Kier molecular flexibility index (Phi) is 8.65. The highest BCUT2D eigenvalue weighted by Gasteiger charge is 2.42. The Morgan fingerprint density at radius 3 is 1.81 bits per heavy atom. The second-order valence-corrected chi connectivity index (χ2v) is 22.4. The average Bonchev–Trinajstić information content (AvgIpc) is 3.30. The van der Waals surface area contributed by atoms with E-state index in [1.807, 2.05) is 24.3 Å².